The first-order valence-corrected chi connectivity index (χ1v) is 6.17. The van der Waals surface area contributed by atoms with Crippen LogP contribution >= 0.6 is 0 Å². The second-order valence-corrected chi connectivity index (χ2v) is 4.04. The van der Waals surface area contributed by atoms with Crippen molar-refractivity contribution < 1.29 is 4.74 Å². The number of aromatic nitrogens is 2. The normalized spacial score (nSPS) is 11.6. The number of nitrogens with one attached hydrogen (secondary N) is 2. The first-order valence-electron chi connectivity index (χ1n) is 6.17. The lowest BCUT2D eigenvalue weighted by Crippen LogP contribution is -2.38. The van der Waals surface area contributed by atoms with Crippen molar-refractivity contribution in [3.8, 4) is 0 Å². The van der Waals surface area contributed by atoms with E-state index in [2.05, 4.69) is 20.7 Å². The molecule has 6 heteroatoms. The fourth-order valence-electron chi connectivity index (χ4n) is 1.57. The molecule has 2 N–H and O–H groups in total. The molecule has 0 atom stereocenters. The zero-order valence-corrected chi connectivity index (χ0v) is 11.4. The van der Waals surface area contributed by atoms with Crippen molar-refractivity contribution in [1.29, 1.82) is 0 Å². The Morgan fingerprint density at radius 1 is 1.44 bits per heavy atom. The second-order valence-electron chi connectivity index (χ2n) is 4.04. The maximum absolute atomic E-state index is 4.99. The van der Waals surface area contributed by atoms with Gasteiger partial charge in [0, 0.05) is 47.1 Å². The lowest BCUT2D eigenvalue weighted by Gasteiger charge is -2.11. The highest BCUT2D eigenvalue weighted by Crippen LogP contribution is 1.95. The Bertz CT molecular complexity index is 361. The molecule has 0 aliphatic carbocycles. The third kappa shape index (κ3) is 5.67. The molecule has 18 heavy (non-hydrogen) atoms. The van der Waals surface area contributed by atoms with E-state index in [0.717, 1.165) is 38.5 Å². The van der Waals surface area contributed by atoms with Crippen LogP contribution in [0.2, 0.25) is 0 Å². The van der Waals surface area contributed by atoms with Gasteiger partial charge in [0.05, 0.1) is 6.20 Å². The number of hydrogen-bond acceptors (Lipinski definition) is 3. The number of hydrogen-bond donors (Lipinski definition) is 2. The first kappa shape index (κ1) is 14.5. The lowest BCUT2D eigenvalue weighted by atomic mass is 10.2. The summed E-state index contributed by atoms with van der Waals surface area (Å²) < 4.78 is 6.80. The van der Waals surface area contributed by atoms with E-state index in [1.165, 1.54) is 5.56 Å². The Labute approximate surface area is 108 Å². The van der Waals surface area contributed by atoms with Crippen LogP contribution < -0.4 is 10.6 Å². The Kier molecular flexibility index (Phi) is 6.86. The summed E-state index contributed by atoms with van der Waals surface area (Å²) in [5, 5.41) is 10.6. The topological polar surface area (TPSA) is 63.5 Å². The number of rotatable bonds is 7. The summed E-state index contributed by atoms with van der Waals surface area (Å²) in [4.78, 5) is 4.15. The Hall–Kier alpha value is -1.56. The zero-order valence-electron chi connectivity index (χ0n) is 11.4. The first-order chi connectivity index (χ1) is 8.76. The van der Waals surface area contributed by atoms with E-state index in [1.54, 1.807) is 14.2 Å². The largest absolute Gasteiger partial charge is 0.385 e. The molecule has 0 amide bonds. The van der Waals surface area contributed by atoms with Crippen molar-refractivity contribution in [3.05, 3.63) is 18.0 Å². The molecule has 1 heterocycles. The molecule has 0 spiro atoms. The van der Waals surface area contributed by atoms with Gasteiger partial charge in [-0.25, -0.2) is 0 Å². The van der Waals surface area contributed by atoms with Gasteiger partial charge in [-0.15, -0.1) is 0 Å². The number of aryl methyl sites for hydroxylation is 1. The minimum atomic E-state index is 0.764. The summed E-state index contributed by atoms with van der Waals surface area (Å²) in [5.41, 5.74) is 1.22. The van der Waals surface area contributed by atoms with Gasteiger partial charge in [-0.05, 0) is 18.4 Å². The SMILES string of the molecule is CN=C(NCCCOC)NCCc1cnn(C)c1. The quantitative estimate of drug-likeness (QED) is 0.413. The Balaban J connectivity index is 2.15. The highest BCUT2D eigenvalue weighted by atomic mass is 16.5. The lowest BCUT2D eigenvalue weighted by molar-refractivity contribution is 0.195. The van der Waals surface area contributed by atoms with Crippen LogP contribution in [-0.2, 0) is 18.2 Å². The van der Waals surface area contributed by atoms with Crippen molar-refractivity contribution >= 4 is 5.96 Å². The van der Waals surface area contributed by atoms with Crippen LogP contribution in [0.5, 0.6) is 0 Å². The van der Waals surface area contributed by atoms with Crippen LogP contribution in [0.25, 0.3) is 0 Å². The smallest absolute Gasteiger partial charge is 0.190 e. The van der Waals surface area contributed by atoms with Gasteiger partial charge in [0.25, 0.3) is 0 Å². The van der Waals surface area contributed by atoms with E-state index >= 15 is 0 Å². The van der Waals surface area contributed by atoms with Crippen LogP contribution in [0.15, 0.2) is 17.4 Å². The molecular weight excluding hydrogens is 230 g/mol. The monoisotopic (exact) mass is 253 g/mol. The second kappa shape index (κ2) is 8.52. The van der Waals surface area contributed by atoms with E-state index in [0.29, 0.717) is 0 Å². The fourth-order valence-corrected chi connectivity index (χ4v) is 1.57. The average molecular weight is 253 g/mol. The number of ether oxygens (including phenoxy) is 1. The van der Waals surface area contributed by atoms with E-state index in [9.17, 15) is 0 Å². The van der Waals surface area contributed by atoms with E-state index < -0.39 is 0 Å². The van der Waals surface area contributed by atoms with Gasteiger partial charge in [-0.2, -0.15) is 5.10 Å². The van der Waals surface area contributed by atoms with Gasteiger partial charge in [-0.1, -0.05) is 0 Å². The molecule has 102 valence electrons. The standard InChI is InChI=1S/C12H23N5O/c1-13-12(14-6-4-8-18-3)15-7-5-11-9-16-17(2)10-11/h9-10H,4-8H2,1-3H3,(H2,13,14,15). The highest BCUT2D eigenvalue weighted by Gasteiger charge is 1.98. The molecule has 0 unspecified atom stereocenters. The number of aliphatic imine (C=N–C) groups is 1. The molecule has 0 aliphatic rings. The third-order valence-electron chi connectivity index (χ3n) is 2.51. The van der Waals surface area contributed by atoms with Crippen LogP contribution in [0.1, 0.15) is 12.0 Å². The maximum Gasteiger partial charge on any atom is 0.190 e. The number of methoxy groups -OCH3 is 1. The summed E-state index contributed by atoms with van der Waals surface area (Å²) in [6.07, 6.45) is 5.82. The molecule has 0 saturated heterocycles. The molecule has 0 aliphatic heterocycles. The molecule has 0 aromatic carbocycles. The molecule has 0 bridgehead atoms. The van der Waals surface area contributed by atoms with Crippen molar-refractivity contribution in [2.75, 3.05) is 33.9 Å². The van der Waals surface area contributed by atoms with Crippen LogP contribution in [-0.4, -0.2) is 49.6 Å². The molecule has 1 aromatic heterocycles. The van der Waals surface area contributed by atoms with E-state index in [1.807, 2.05) is 24.1 Å². The Morgan fingerprint density at radius 2 is 2.22 bits per heavy atom. The van der Waals surface area contributed by atoms with Crippen molar-refractivity contribution in [2.45, 2.75) is 12.8 Å². The molecule has 0 saturated carbocycles. The van der Waals surface area contributed by atoms with E-state index in [4.69, 9.17) is 4.74 Å². The fraction of sp³-hybridized carbons (Fsp3) is 0.667. The van der Waals surface area contributed by atoms with Crippen LogP contribution in [0.3, 0.4) is 0 Å². The third-order valence-corrected chi connectivity index (χ3v) is 2.51. The molecule has 6 nitrogen and oxygen atoms in total. The van der Waals surface area contributed by atoms with Gasteiger partial charge in [0.1, 0.15) is 0 Å². The Morgan fingerprint density at radius 3 is 2.83 bits per heavy atom. The minimum absolute atomic E-state index is 0.764. The predicted molar refractivity (Wildman–Crippen MR) is 72.8 cm³/mol. The van der Waals surface area contributed by atoms with Gasteiger partial charge < -0.3 is 15.4 Å². The van der Waals surface area contributed by atoms with Gasteiger partial charge >= 0.3 is 0 Å². The molecule has 1 rings (SSSR count). The molecule has 0 fully saturated rings. The van der Waals surface area contributed by atoms with Crippen LogP contribution in [0, 0.1) is 0 Å². The zero-order chi connectivity index (χ0) is 13.2. The summed E-state index contributed by atoms with van der Waals surface area (Å²) in [7, 11) is 5.41. The summed E-state index contributed by atoms with van der Waals surface area (Å²) in [6.45, 7) is 2.47. The highest BCUT2D eigenvalue weighted by molar-refractivity contribution is 5.79. The number of guanidine groups is 1. The minimum Gasteiger partial charge on any atom is -0.385 e. The van der Waals surface area contributed by atoms with E-state index in [-0.39, 0.29) is 0 Å². The van der Waals surface area contributed by atoms with Crippen molar-refractivity contribution in [2.24, 2.45) is 12.0 Å². The summed E-state index contributed by atoms with van der Waals surface area (Å²) in [6, 6.07) is 0. The average Bonchev–Trinajstić information content (AvgIpc) is 2.78. The van der Waals surface area contributed by atoms with Crippen molar-refractivity contribution in [1.82, 2.24) is 20.4 Å². The molecular formula is C12H23N5O. The van der Waals surface area contributed by atoms with Gasteiger partial charge in [0.2, 0.25) is 0 Å². The molecule has 1 aromatic rings. The maximum atomic E-state index is 4.99. The van der Waals surface area contributed by atoms with Gasteiger partial charge in [0.15, 0.2) is 5.96 Å². The summed E-state index contributed by atoms with van der Waals surface area (Å²) >= 11 is 0. The predicted octanol–water partition coefficient (Wildman–Crippen LogP) is 0.164. The number of nitrogens with zero attached hydrogens (tertiary/aromatic N) is 3. The molecule has 0 radical (unpaired) electrons. The van der Waals surface area contributed by atoms with Crippen molar-refractivity contribution in [3.63, 3.8) is 0 Å². The van der Waals surface area contributed by atoms with Crippen LogP contribution in [0.4, 0.5) is 0 Å². The van der Waals surface area contributed by atoms with Gasteiger partial charge in [-0.3, -0.25) is 9.67 Å². The summed E-state index contributed by atoms with van der Waals surface area (Å²) in [5.74, 6) is 0.829.